The van der Waals surface area contributed by atoms with E-state index in [4.69, 9.17) is 21.3 Å². The lowest BCUT2D eigenvalue weighted by molar-refractivity contribution is 0.200. The van der Waals surface area contributed by atoms with Crippen LogP contribution in [-0.4, -0.2) is 23.1 Å². The van der Waals surface area contributed by atoms with Crippen LogP contribution in [0.3, 0.4) is 0 Å². The highest BCUT2D eigenvalue weighted by Crippen LogP contribution is 2.31. The molecule has 0 aromatic heterocycles. The van der Waals surface area contributed by atoms with Crippen molar-refractivity contribution in [2.75, 3.05) is 0 Å². The second-order valence-corrected chi connectivity index (χ2v) is 4.76. The molecule has 0 unspecified atom stereocenters. The molecule has 0 aliphatic rings. The molecule has 9 heteroatoms. The van der Waals surface area contributed by atoms with Crippen molar-refractivity contribution in [3.05, 3.63) is 59.9 Å². The maximum atomic E-state index is 14.1. The molecule has 25 heavy (non-hydrogen) atoms. The van der Waals surface area contributed by atoms with Crippen molar-refractivity contribution >= 4 is 23.7 Å². The molecule has 0 atom stereocenters. The molecule has 0 spiro atoms. The number of rotatable bonds is 4. The molecule has 0 bridgehead atoms. The molecule has 0 fully saturated rings. The van der Waals surface area contributed by atoms with Gasteiger partial charge in [-0.2, -0.15) is 4.99 Å². The summed E-state index contributed by atoms with van der Waals surface area (Å²) in [6, 6.07) is 13.5. The van der Waals surface area contributed by atoms with Gasteiger partial charge in [-0.3, -0.25) is 5.32 Å². The van der Waals surface area contributed by atoms with Crippen molar-refractivity contribution in [1.29, 1.82) is 0 Å². The summed E-state index contributed by atoms with van der Waals surface area (Å²) in [4.78, 5) is 17.8. The zero-order chi connectivity index (χ0) is 18.2. The number of benzene rings is 2. The van der Waals surface area contributed by atoms with Gasteiger partial charge in [0.05, 0.1) is 0 Å². The number of amides is 1. The molecule has 0 saturated heterocycles. The number of halogens is 1. The highest BCUT2D eigenvalue weighted by atomic mass is 19.1. The summed E-state index contributed by atoms with van der Waals surface area (Å²) in [5, 5.41) is 10.3. The van der Waals surface area contributed by atoms with Crippen LogP contribution in [0.1, 0.15) is 5.56 Å². The molecular weight excluding hydrogens is 329 g/mol. The Morgan fingerprint density at radius 1 is 1.16 bits per heavy atom. The first-order valence-electron chi connectivity index (χ1n) is 7.09. The summed E-state index contributed by atoms with van der Waals surface area (Å²) in [7, 11) is 0. The molecular formula is C16H16FN5O3. The van der Waals surface area contributed by atoms with E-state index in [9.17, 15) is 9.18 Å². The van der Waals surface area contributed by atoms with Gasteiger partial charge in [-0.05, 0) is 17.7 Å². The molecule has 2 aromatic carbocycles. The number of aliphatic imine (C=N–C) groups is 2. The van der Waals surface area contributed by atoms with E-state index in [-0.39, 0.29) is 18.0 Å². The molecule has 0 aliphatic heterocycles. The number of guanidine groups is 2. The maximum absolute atomic E-state index is 14.1. The minimum Gasteiger partial charge on any atom is -0.487 e. The van der Waals surface area contributed by atoms with Crippen LogP contribution < -0.4 is 21.5 Å². The van der Waals surface area contributed by atoms with Crippen molar-refractivity contribution in [1.82, 2.24) is 5.32 Å². The molecule has 0 heterocycles. The Balaban J connectivity index is 2.22. The van der Waals surface area contributed by atoms with Crippen LogP contribution >= 0.6 is 0 Å². The van der Waals surface area contributed by atoms with E-state index in [0.29, 0.717) is 0 Å². The second-order valence-electron chi connectivity index (χ2n) is 4.76. The zero-order valence-corrected chi connectivity index (χ0v) is 13.0. The first-order valence-corrected chi connectivity index (χ1v) is 7.09. The largest absolute Gasteiger partial charge is 0.487 e. The van der Waals surface area contributed by atoms with Gasteiger partial charge in [0.25, 0.3) is 0 Å². The van der Waals surface area contributed by atoms with Gasteiger partial charge in [-0.15, -0.1) is 0 Å². The Bertz CT molecular complexity index is 809. The Morgan fingerprint density at radius 2 is 1.88 bits per heavy atom. The Labute approximate surface area is 142 Å². The minimum atomic E-state index is -1.41. The van der Waals surface area contributed by atoms with Crippen LogP contribution in [-0.2, 0) is 6.61 Å². The molecule has 0 radical (unpaired) electrons. The van der Waals surface area contributed by atoms with Crippen LogP contribution in [0.2, 0.25) is 0 Å². The van der Waals surface area contributed by atoms with Gasteiger partial charge >= 0.3 is 6.09 Å². The van der Waals surface area contributed by atoms with Crippen LogP contribution in [0.5, 0.6) is 5.75 Å². The van der Waals surface area contributed by atoms with E-state index >= 15 is 0 Å². The SMILES string of the molecule is NC(=Nc1c(F)cccc1OCc1ccccc1)N=C(N)NC(=O)O. The van der Waals surface area contributed by atoms with E-state index in [0.717, 1.165) is 5.56 Å². The van der Waals surface area contributed by atoms with E-state index < -0.39 is 23.8 Å². The first-order chi connectivity index (χ1) is 12.0. The van der Waals surface area contributed by atoms with Crippen molar-refractivity contribution in [2.45, 2.75) is 6.61 Å². The van der Waals surface area contributed by atoms with Gasteiger partial charge in [0.15, 0.2) is 5.82 Å². The van der Waals surface area contributed by atoms with Gasteiger partial charge < -0.3 is 21.3 Å². The van der Waals surface area contributed by atoms with Gasteiger partial charge in [-0.1, -0.05) is 36.4 Å². The van der Waals surface area contributed by atoms with Crippen LogP contribution in [0, 0.1) is 5.82 Å². The van der Waals surface area contributed by atoms with E-state index in [1.807, 2.05) is 30.3 Å². The third-order valence-electron chi connectivity index (χ3n) is 2.88. The van der Waals surface area contributed by atoms with E-state index in [1.165, 1.54) is 18.2 Å². The number of carboxylic acid groups (broad SMARTS) is 1. The first kappa shape index (κ1) is 17.7. The molecule has 6 N–H and O–H groups in total. The standard InChI is InChI=1S/C16H16FN5O3/c17-11-7-4-8-12(25-9-10-5-2-1-3-6-10)13(11)20-14(18)21-15(19)22-16(23)24/h1-8H,9H2,(H,23,24)(H5,18,19,20,21,22). The fraction of sp³-hybridized carbons (Fsp3) is 0.0625. The van der Waals surface area contributed by atoms with Crippen LogP contribution in [0.4, 0.5) is 14.9 Å². The quantitative estimate of drug-likeness (QED) is 0.496. The average Bonchev–Trinajstić information content (AvgIpc) is 2.55. The van der Waals surface area contributed by atoms with Crippen molar-refractivity contribution in [2.24, 2.45) is 21.5 Å². The lowest BCUT2D eigenvalue weighted by atomic mass is 10.2. The molecule has 0 saturated carbocycles. The summed E-state index contributed by atoms with van der Waals surface area (Å²) >= 11 is 0. The summed E-state index contributed by atoms with van der Waals surface area (Å²) < 4.78 is 19.6. The van der Waals surface area contributed by atoms with E-state index in [1.54, 1.807) is 5.32 Å². The smallest absolute Gasteiger partial charge is 0.411 e. The van der Waals surface area contributed by atoms with Gasteiger partial charge in [0.2, 0.25) is 11.9 Å². The zero-order valence-electron chi connectivity index (χ0n) is 13.0. The summed E-state index contributed by atoms with van der Waals surface area (Å²) in [5.74, 6) is -1.43. The highest BCUT2D eigenvalue weighted by molar-refractivity contribution is 6.00. The van der Waals surface area contributed by atoms with E-state index in [2.05, 4.69) is 9.98 Å². The fourth-order valence-corrected chi connectivity index (χ4v) is 1.86. The molecule has 1 amide bonds. The minimum absolute atomic E-state index is 0.159. The lowest BCUT2D eigenvalue weighted by Gasteiger charge is -2.10. The monoisotopic (exact) mass is 345 g/mol. The van der Waals surface area contributed by atoms with Crippen molar-refractivity contribution < 1.29 is 19.0 Å². The third-order valence-corrected chi connectivity index (χ3v) is 2.88. The summed E-state index contributed by atoms with van der Waals surface area (Å²) in [5.41, 5.74) is 11.6. The van der Waals surface area contributed by atoms with Crippen LogP contribution in [0.25, 0.3) is 0 Å². The number of nitrogens with two attached hydrogens (primary N) is 2. The number of ether oxygens (including phenoxy) is 1. The number of para-hydroxylation sites is 1. The summed E-state index contributed by atoms with van der Waals surface area (Å²) in [6.45, 7) is 0.207. The fourth-order valence-electron chi connectivity index (χ4n) is 1.86. The molecule has 8 nitrogen and oxygen atoms in total. The number of nitrogens with one attached hydrogen (secondary N) is 1. The molecule has 2 aromatic rings. The molecule has 0 aliphatic carbocycles. The average molecular weight is 345 g/mol. The maximum Gasteiger partial charge on any atom is 0.411 e. The normalized spacial score (nSPS) is 11.9. The molecule has 2 rings (SSSR count). The number of hydrogen-bond donors (Lipinski definition) is 4. The van der Waals surface area contributed by atoms with Gasteiger partial charge in [0.1, 0.15) is 18.0 Å². The number of nitrogens with zero attached hydrogens (tertiary/aromatic N) is 2. The topological polar surface area (TPSA) is 135 Å². The number of carbonyl (C=O) groups is 1. The Morgan fingerprint density at radius 3 is 2.56 bits per heavy atom. The van der Waals surface area contributed by atoms with Crippen molar-refractivity contribution in [3.8, 4) is 5.75 Å². The molecule has 130 valence electrons. The van der Waals surface area contributed by atoms with Gasteiger partial charge in [-0.25, -0.2) is 14.2 Å². The predicted molar refractivity (Wildman–Crippen MR) is 91.2 cm³/mol. The highest BCUT2D eigenvalue weighted by Gasteiger charge is 2.10. The summed E-state index contributed by atoms with van der Waals surface area (Å²) in [6.07, 6.45) is -1.41. The predicted octanol–water partition coefficient (Wildman–Crippen LogP) is 1.93. The second kappa shape index (κ2) is 8.29. The van der Waals surface area contributed by atoms with Crippen LogP contribution in [0.15, 0.2) is 58.5 Å². The Kier molecular flexibility index (Phi) is 5.88. The van der Waals surface area contributed by atoms with Gasteiger partial charge in [0, 0.05) is 0 Å². The third kappa shape index (κ3) is 5.50. The lowest BCUT2D eigenvalue weighted by Crippen LogP contribution is -2.37. The van der Waals surface area contributed by atoms with Crippen molar-refractivity contribution in [3.63, 3.8) is 0 Å². The Hall–Kier alpha value is -3.62. The number of hydrogen-bond acceptors (Lipinski definition) is 3.